The molecule has 7 heteroatoms. The number of fused-ring (bicyclic) bond motifs is 1. The minimum Gasteiger partial charge on any atom is -0.385 e. The molecule has 4 rings (SSSR count). The Kier molecular flexibility index (Phi) is 5.22. The Hall–Kier alpha value is -2.25. The third kappa shape index (κ3) is 3.34. The van der Waals surface area contributed by atoms with E-state index in [0.717, 1.165) is 47.7 Å². The van der Waals surface area contributed by atoms with Crippen LogP contribution in [0.2, 0.25) is 0 Å². The van der Waals surface area contributed by atoms with Gasteiger partial charge in [0.1, 0.15) is 0 Å². The van der Waals surface area contributed by atoms with E-state index in [9.17, 15) is 4.79 Å². The number of rotatable bonds is 6. The number of ether oxygens (including phenoxy) is 2. The maximum absolute atomic E-state index is 12.7. The molecule has 1 fully saturated rings. The molecule has 1 saturated heterocycles. The Balaban J connectivity index is 1.79. The first-order valence-electron chi connectivity index (χ1n) is 10.7. The van der Waals surface area contributed by atoms with Crippen LogP contribution in [0, 0.1) is 0 Å². The predicted molar refractivity (Wildman–Crippen MR) is 116 cm³/mol. The average Bonchev–Trinajstić information content (AvgIpc) is 3.32. The fourth-order valence-corrected chi connectivity index (χ4v) is 4.67. The summed E-state index contributed by atoms with van der Waals surface area (Å²) in [6.07, 6.45) is 2.54. The van der Waals surface area contributed by atoms with Gasteiger partial charge >= 0.3 is 0 Å². The summed E-state index contributed by atoms with van der Waals surface area (Å²) in [6.45, 7) is 9.59. The van der Waals surface area contributed by atoms with Gasteiger partial charge in [-0.2, -0.15) is 5.10 Å². The van der Waals surface area contributed by atoms with Crippen LogP contribution in [0.4, 0.5) is 5.69 Å². The van der Waals surface area contributed by atoms with Crippen LogP contribution in [0.1, 0.15) is 58.0 Å². The lowest BCUT2D eigenvalue weighted by Gasteiger charge is -2.27. The Morgan fingerprint density at radius 3 is 2.70 bits per heavy atom. The summed E-state index contributed by atoms with van der Waals surface area (Å²) in [4.78, 5) is 19.4. The van der Waals surface area contributed by atoms with E-state index in [2.05, 4.69) is 19.9 Å². The van der Waals surface area contributed by atoms with Crippen molar-refractivity contribution in [2.75, 3.05) is 32.3 Å². The van der Waals surface area contributed by atoms with Crippen LogP contribution < -0.4 is 4.90 Å². The van der Waals surface area contributed by atoms with Gasteiger partial charge in [0.25, 0.3) is 0 Å². The molecule has 0 saturated carbocycles. The summed E-state index contributed by atoms with van der Waals surface area (Å²) in [5.41, 5.74) is 2.12. The van der Waals surface area contributed by atoms with Crippen molar-refractivity contribution in [1.29, 1.82) is 0 Å². The normalized spacial score (nSPS) is 22.0. The number of likely N-dealkylation sites (N-methyl/N-ethyl adjacent to an activating group) is 1. The first kappa shape index (κ1) is 21.0. The first-order chi connectivity index (χ1) is 14.2. The van der Waals surface area contributed by atoms with E-state index in [4.69, 9.17) is 19.6 Å². The second-order valence-electron chi connectivity index (χ2n) is 9.37. The third-order valence-electron chi connectivity index (χ3n) is 6.52. The van der Waals surface area contributed by atoms with E-state index < -0.39 is 5.41 Å². The number of methoxy groups -OCH3 is 1. The van der Waals surface area contributed by atoms with E-state index in [1.807, 2.05) is 37.7 Å². The molecule has 30 heavy (non-hydrogen) atoms. The van der Waals surface area contributed by atoms with Gasteiger partial charge in [-0.05, 0) is 64.3 Å². The molecule has 2 aromatic rings. The van der Waals surface area contributed by atoms with Crippen molar-refractivity contribution in [2.24, 2.45) is 0 Å². The molecule has 0 aliphatic carbocycles. The summed E-state index contributed by atoms with van der Waals surface area (Å²) in [5, 5.41) is 4.89. The van der Waals surface area contributed by atoms with E-state index in [0.29, 0.717) is 13.2 Å². The highest BCUT2D eigenvalue weighted by molar-refractivity contribution is 6.07. The molecule has 0 N–H and O–H groups in total. The van der Waals surface area contributed by atoms with Crippen LogP contribution in [0.25, 0.3) is 11.4 Å². The topological polar surface area (TPSA) is 69.5 Å². The molecule has 1 amide bonds. The Morgan fingerprint density at radius 2 is 2.03 bits per heavy atom. The van der Waals surface area contributed by atoms with Crippen molar-refractivity contribution in [1.82, 2.24) is 14.8 Å². The Labute approximate surface area is 178 Å². The SMILES string of the molecule is COCCCc1nc(-c2ccc3c(c2)C(C)(C)C(=O)N3C)n(C2CCOC2(C)C)n1. The number of aromatic nitrogens is 3. The molecule has 0 bridgehead atoms. The van der Waals surface area contributed by atoms with Gasteiger partial charge in [-0.15, -0.1) is 0 Å². The number of hydrogen-bond donors (Lipinski definition) is 0. The predicted octanol–water partition coefficient (Wildman–Crippen LogP) is 3.52. The van der Waals surface area contributed by atoms with Gasteiger partial charge in [0.2, 0.25) is 5.91 Å². The number of carbonyl (C=O) groups is 1. The maximum Gasteiger partial charge on any atom is 0.236 e. The molecule has 3 heterocycles. The fourth-order valence-electron chi connectivity index (χ4n) is 4.67. The van der Waals surface area contributed by atoms with Crippen LogP contribution in [0.5, 0.6) is 0 Å². The molecular formula is C23H32N4O3. The average molecular weight is 413 g/mol. The van der Waals surface area contributed by atoms with Gasteiger partial charge < -0.3 is 14.4 Å². The summed E-state index contributed by atoms with van der Waals surface area (Å²) in [5.74, 6) is 1.77. The maximum atomic E-state index is 12.7. The lowest BCUT2D eigenvalue weighted by molar-refractivity contribution is -0.121. The van der Waals surface area contributed by atoms with Gasteiger partial charge in [0.15, 0.2) is 11.6 Å². The van der Waals surface area contributed by atoms with Crippen LogP contribution in [0.3, 0.4) is 0 Å². The molecule has 0 spiro atoms. The summed E-state index contributed by atoms with van der Waals surface area (Å²) >= 11 is 0. The van der Waals surface area contributed by atoms with E-state index in [1.54, 1.807) is 12.0 Å². The third-order valence-corrected chi connectivity index (χ3v) is 6.52. The minimum atomic E-state index is -0.554. The van der Waals surface area contributed by atoms with Gasteiger partial charge in [0, 0.05) is 45.0 Å². The number of nitrogens with zero attached hydrogens (tertiary/aromatic N) is 4. The smallest absolute Gasteiger partial charge is 0.236 e. The summed E-state index contributed by atoms with van der Waals surface area (Å²) in [6, 6.07) is 6.30. The molecule has 1 aromatic heterocycles. The largest absolute Gasteiger partial charge is 0.385 e. The van der Waals surface area contributed by atoms with Crippen molar-refractivity contribution in [3.63, 3.8) is 0 Å². The molecule has 2 aliphatic rings. The second-order valence-corrected chi connectivity index (χ2v) is 9.37. The highest BCUT2D eigenvalue weighted by Gasteiger charge is 2.43. The summed E-state index contributed by atoms with van der Waals surface area (Å²) < 4.78 is 13.2. The molecule has 2 aliphatic heterocycles. The Morgan fingerprint density at radius 1 is 1.27 bits per heavy atom. The van der Waals surface area contributed by atoms with Crippen molar-refractivity contribution >= 4 is 11.6 Å². The highest BCUT2D eigenvalue weighted by atomic mass is 16.5. The number of carbonyl (C=O) groups excluding carboxylic acids is 1. The molecule has 7 nitrogen and oxygen atoms in total. The van der Waals surface area contributed by atoms with Crippen molar-refractivity contribution < 1.29 is 14.3 Å². The second kappa shape index (κ2) is 7.46. The van der Waals surface area contributed by atoms with E-state index >= 15 is 0 Å². The zero-order chi connectivity index (χ0) is 21.7. The summed E-state index contributed by atoms with van der Waals surface area (Å²) in [7, 11) is 3.55. The quantitative estimate of drug-likeness (QED) is 0.679. The molecular weight excluding hydrogens is 380 g/mol. The van der Waals surface area contributed by atoms with Crippen LogP contribution in [0.15, 0.2) is 18.2 Å². The monoisotopic (exact) mass is 412 g/mol. The number of benzene rings is 1. The van der Waals surface area contributed by atoms with Crippen LogP contribution in [-0.2, 0) is 26.1 Å². The van der Waals surface area contributed by atoms with E-state index in [1.165, 1.54) is 0 Å². The highest BCUT2D eigenvalue weighted by Crippen LogP contribution is 2.43. The van der Waals surface area contributed by atoms with Crippen molar-refractivity contribution in [2.45, 2.75) is 64.0 Å². The standard InChI is InChI=1S/C23H32N4O3/c1-22(2)16-14-15(9-10-17(16)26(5)21(22)28)20-24-19(8-7-12-29-6)25-27(20)18-11-13-30-23(18,3)4/h9-10,14,18H,7-8,11-13H2,1-6H3. The number of anilines is 1. The van der Waals surface area contributed by atoms with Gasteiger partial charge in [-0.3, -0.25) is 4.79 Å². The van der Waals surface area contributed by atoms with Crippen molar-refractivity contribution in [3.05, 3.63) is 29.6 Å². The number of amides is 1. The zero-order valence-corrected chi connectivity index (χ0v) is 18.9. The van der Waals surface area contributed by atoms with Crippen LogP contribution >= 0.6 is 0 Å². The van der Waals surface area contributed by atoms with Gasteiger partial charge in [0.05, 0.1) is 17.1 Å². The molecule has 162 valence electrons. The van der Waals surface area contributed by atoms with Crippen LogP contribution in [-0.4, -0.2) is 53.6 Å². The van der Waals surface area contributed by atoms with Gasteiger partial charge in [-0.25, -0.2) is 9.67 Å². The zero-order valence-electron chi connectivity index (χ0n) is 18.9. The fraction of sp³-hybridized carbons (Fsp3) is 0.609. The molecule has 1 aromatic carbocycles. The van der Waals surface area contributed by atoms with E-state index in [-0.39, 0.29) is 17.6 Å². The number of aryl methyl sites for hydroxylation is 1. The lowest BCUT2D eigenvalue weighted by Crippen LogP contribution is -2.33. The molecule has 0 radical (unpaired) electrons. The van der Waals surface area contributed by atoms with Gasteiger partial charge in [-0.1, -0.05) is 0 Å². The van der Waals surface area contributed by atoms with Crippen molar-refractivity contribution in [3.8, 4) is 11.4 Å². The Bertz CT molecular complexity index is 963. The lowest BCUT2D eigenvalue weighted by atomic mass is 9.85. The first-order valence-corrected chi connectivity index (χ1v) is 10.7. The molecule has 1 atom stereocenters. The molecule has 1 unspecified atom stereocenters. The minimum absolute atomic E-state index is 0.113. The number of hydrogen-bond acceptors (Lipinski definition) is 5.